The van der Waals surface area contributed by atoms with E-state index >= 15 is 0 Å². The third-order valence-corrected chi connectivity index (χ3v) is 7.75. The summed E-state index contributed by atoms with van der Waals surface area (Å²) in [6.07, 6.45) is 2.73. The predicted molar refractivity (Wildman–Crippen MR) is 141 cm³/mol. The first-order valence-corrected chi connectivity index (χ1v) is 12.8. The number of para-hydroxylation sites is 2. The third-order valence-electron chi connectivity index (χ3n) is 6.44. The molecule has 4 aromatic rings. The Bertz CT molecular complexity index is 1440. The SMILES string of the molecule is Cn1c(=O)c2[nH]c(Cl)nc2n(C)c1=O.c1ccc2c(c1)Sc1ccccc1N2CCN1CCCC1. The zero-order valence-corrected chi connectivity index (χ0v) is 21.3. The molecule has 0 aliphatic carbocycles. The number of aromatic nitrogens is 4. The molecule has 4 heterocycles. The van der Waals surface area contributed by atoms with Crippen LogP contribution in [0.1, 0.15) is 12.8 Å². The summed E-state index contributed by atoms with van der Waals surface area (Å²) in [7, 11) is 2.93. The molecule has 10 heteroatoms. The molecule has 8 nitrogen and oxygen atoms in total. The summed E-state index contributed by atoms with van der Waals surface area (Å²) in [5.41, 5.74) is 2.37. The molecular weight excluding hydrogens is 484 g/mol. The topological polar surface area (TPSA) is 79.2 Å². The lowest BCUT2D eigenvalue weighted by Crippen LogP contribution is -2.36. The third kappa shape index (κ3) is 4.63. The monoisotopic (exact) mass is 510 g/mol. The Kier molecular flexibility index (Phi) is 6.73. The molecule has 1 saturated heterocycles. The van der Waals surface area contributed by atoms with Crippen LogP contribution in [0.4, 0.5) is 11.4 Å². The van der Waals surface area contributed by atoms with Gasteiger partial charge >= 0.3 is 5.69 Å². The van der Waals surface area contributed by atoms with Crippen LogP contribution >= 0.6 is 23.4 Å². The van der Waals surface area contributed by atoms with E-state index in [9.17, 15) is 9.59 Å². The van der Waals surface area contributed by atoms with E-state index in [4.69, 9.17) is 11.6 Å². The van der Waals surface area contributed by atoms with E-state index in [1.54, 1.807) is 0 Å². The number of imidazole rings is 1. The number of hydrogen-bond donors (Lipinski definition) is 1. The fourth-order valence-electron chi connectivity index (χ4n) is 4.57. The lowest BCUT2D eigenvalue weighted by atomic mass is 10.2. The number of H-pyrrole nitrogens is 1. The minimum absolute atomic E-state index is 0.0956. The Morgan fingerprint density at radius 3 is 2.14 bits per heavy atom. The maximum atomic E-state index is 11.5. The summed E-state index contributed by atoms with van der Waals surface area (Å²) < 4.78 is 2.26. The lowest BCUT2D eigenvalue weighted by molar-refractivity contribution is 0.348. The number of fused-ring (bicyclic) bond motifs is 3. The standard InChI is InChI=1S/C18H20N2S.C7H7ClN4O2/c1-3-9-17-15(7-1)20(14-13-19-11-5-6-12-19)16-8-2-4-10-18(16)21-17;1-11-4-3(9-6(8)10-4)5(13)12(2)7(11)14/h1-4,7-10H,5-6,11-14H2;1-2H3,(H,9,10). The van der Waals surface area contributed by atoms with Crippen LogP contribution in [0.5, 0.6) is 0 Å². The minimum atomic E-state index is -0.428. The number of hydrogen-bond acceptors (Lipinski definition) is 6. The van der Waals surface area contributed by atoms with Gasteiger partial charge in [0.05, 0.1) is 11.4 Å². The van der Waals surface area contributed by atoms with E-state index in [0.29, 0.717) is 0 Å². The average molecular weight is 511 g/mol. The Morgan fingerprint density at radius 1 is 0.914 bits per heavy atom. The minimum Gasteiger partial charge on any atom is -0.338 e. The van der Waals surface area contributed by atoms with Crippen molar-refractivity contribution in [2.45, 2.75) is 22.6 Å². The van der Waals surface area contributed by atoms with Crippen LogP contribution in [0.25, 0.3) is 11.2 Å². The van der Waals surface area contributed by atoms with E-state index in [1.165, 1.54) is 65.8 Å². The number of benzene rings is 2. The van der Waals surface area contributed by atoms with Gasteiger partial charge in [0.15, 0.2) is 11.2 Å². The molecule has 182 valence electrons. The van der Waals surface area contributed by atoms with Gasteiger partial charge in [0.2, 0.25) is 5.28 Å². The van der Waals surface area contributed by atoms with Crippen LogP contribution in [0.15, 0.2) is 67.9 Å². The van der Waals surface area contributed by atoms with Crippen molar-refractivity contribution < 1.29 is 0 Å². The summed E-state index contributed by atoms with van der Waals surface area (Å²) in [6, 6.07) is 17.5. The first kappa shape index (κ1) is 23.7. The van der Waals surface area contributed by atoms with E-state index < -0.39 is 11.2 Å². The molecule has 2 aliphatic rings. The second-order valence-electron chi connectivity index (χ2n) is 8.67. The van der Waals surface area contributed by atoms with Crippen molar-refractivity contribution in [1.82, 2.24) is 24.0 Å². The van der Waals surface area contributed by atoms with Gasteiger partial charge in [0.25, 0.3) is 5.56 Å². The fourth-order valence-corrected chi connectivity index (χ4v) is 5.84. The normalized spacial score (nSPS) is 15.0. The van der Waals surface area contributed by atoms with Crippen LogP contribution in [0.3, 0.4) is 0 Å². The molecule has 0 bridgehead atoms. The van der Waals surface area contributed by atoms with Gasteiger partial charge < -0.3 is 14.8 Å². The zero-order chi connectivity index (χ0) is 24.5. The Balaban J connectivity index is 0.000000158. The van der Waals surface area contributed by atoms with E-state index in [-0.39, 0.29) is 16.4 Å². The first-order chi connectivity index (χ1) is 16.9. The highest BCUT2D eigenvalue weighted by atomic mass is 35.5. The van der Waals surface area contributed by atoms with Gasteiger partial charge in [-0.15, -0.1) is 0 Å². The highest BCUT2D eigenvalue weighted by Gasteiger charge is 2.23. The smallest absolute Gasteiger partial charge is 0.332 e. The van der Waals surface area contributed by atoms with Crippen LogP contribution in [0.2, 0.25) is 5.28 Å². The van der Waals surface area contributed by atoms with Crippen molar-refractivity contribution in [1.29, 1.82) is 0 Å². The number of nitrogens with zero attached hydrogens (tertiary/aromatic N) is 5. The van der Waals surface area contributed by atoms with Gasteiger partial charge in [-0.1, -0.05) is 36.0 Å². The highest BCUT2D eigenvalue weighted by Crippen LogP contribution is 2.47. The zero-order valence-electron chi connectivity index (χ0n) is 19.7. The van der Waals surface area contributed by atoms with Crippen LogP contribution in [-0.4, -0.2) is 50.2 Å². The number of halogens is 1. The largest absolute Gasteiger partial charge is 0.338 e. The summed E-state index contributed by atoms with van der Waals surface area (Å²) in [6.45, 7) is 4.78. The van der Waals surface area contributed by atoms with Gasteiger partial charge in [0.1, 0.15) is 0 Å². The second kappa shape index (κ2) is 9.93. The number of nitrogens with one attached hydrogen (secondary N) is 1. The molecule has 0 amide bonds. The molecule has 0 radical (unpaired) electrons. The molecule has 0 atom stereocenters. The number of anilines is 2. The summed E-state index contributed by atoms with van der Waals surface area (Å²) in [5.74, 6) is 0. The molecule has 2 aliphatic heterocycles. The van der Waals surface area contributed by atoms with Gasteiger partial charge in [-0.25, -0.2) is 4.79 Å². The van der Waals surface area contributed by atoms with Crippen molar-refractivity contribution in [3.05, 3.63) is 74.7 Å². The van der Waals surface area contributed by atoms with Crippen LogP contribution < -0.4 is 16.1 Å². The Hall–Kier alpha value is -3.01. The van der Waals surface area contributed by atoms with Gasteiger partial charge in [0, 0.05) is 37.0 Å². The van der Waals surface area contributed by atoms with Crippen molar-refractivity contribution >= 4 is 45.9 Å². The molecule has 1 N–H and O–H groups in total. The average Bonchev–Trinajstić information content (AvgIpc) is 3.54. The molecule has 0 saturated carbocycles. The summed E-state index contributed by atoms with van der Waals surface area (Å²) in [5, 5.41) is 0.0956. The van der Waals surface area contributed by atoms with Gasteiger partial charge in [-0.2, -0.15) is 4.98 Å². The van der Waals surface area contributed by atoms with E-state index in [1.807, 2.05) is 11.8 Å². The van der Waals surface area contributed by atoms with Crippen molar-refractivity contribution in [2.24, 2.45) is 14.1 Å². The van der Waals surface area contributed by atoms with Crippen molar-refractivity contribution in [3.8, 4) is 0 Å². The molecule has 2 aromatic carbocycles. The quantitative estimate of drug-likeness (QED) is 0.420. The summed E-state index contributed by atoms with van der Waals surface area (Å²) in [4.78, 5) is 37.2. The number of aryl methyl sites for hydroxylation is 1. The maximum Gasteiger partial charge on any atom is 0.332 e. The highest BCUT2D eigenvalue weighted by molar-refractivity contribution is 7.99. The number of likely N-dealkylation sites (tertiary alicyclic amines) is 1. The van der Waals surface area contributed by atoms with Gasteiger partial charge in [-0.3, -0.25) is 13.9 Å². The van der Waals surface area contributed by atoms with E-state index in [2.05, 4.69) is 68.3 Å². The van der Waals surface area contributed by atoms with Gasteiger partial charge in [-0.05, 0) is 61.8 Å². The maximum absolute atomic E-state index is 11.5. The lowest BCUT2D eigenvalue weighted by Gasteiger charge is -2.33. The first-order valence-electron chi connectivity index (χ1n) is 11.6. The number of rotatable bonds is 3. The molecule has 2 aromatic heterocycles. The van der Waals surface area contributed by atoms with Crippen LogP contribution in [-0.2, 0) is 14.1 Å². The predicted octanol–water partition coefficient (Wildman–Crippen LogP) is 4.00. The molecule has 35 heavy (non-hydrogen) atoms. The number of aromatic amines is 1. The second-order valence-corrected chi connectivity index (χ2v) is 10.1. The molecule has 0 unspecified atom stereocenters. The molecule has 0 spiro atoms. The van der Waals surface area contributed by atoms with E-state index in [0.717, 1.165) is 17.7 Å². The van der Waals surface area contributed by atoms with Crippen molar-refractivity contribution in [3.63, 3.8) is 0 Å². The Labute approximate surface area is 212 Å². The molecule has 1 fully saturated rings. The van der Waals surface area contributed by atoms with Crippen LogP contribution in [0, 0.1) is 0 Å². The molecule has 6 rings (SSSR count). The molecular formula is C25H27ClN6O2S. The summed E-state index contributed by atoms with van der Waals surface area (Å²) >= 11 is 7.49. The Morgan fingerprint density at radius 2 is 1.51 bits per heavy atom. The fraction of sp³-hybridized carbons (Fsp3) is 0.320. The van der Waals surface area contributed by atoms with Crippen molar-refractivity contribution in [2.75, 3.05) is 31.1 Å².